The molecule has 0 aliphatic carbocycles. The topological polar surface area (TPSA) is 114 Å². The molecule has 1 aromatic rings. The number of benzene rings is 1. The Kier molecular flexibility index (Phi) is 31.2. The molecule has 2 amide bonds. The van der Waals surface area contributed by atoms with Crippen LogP contribution in [0.3, 0.4) is 0 Å². The Bertz CT molecular complexity index is 935. The van der Waals surface area contributed by atoms with Gasteiger partial charge in [0.25, 0.3) is 11.8 Å². The van der Waals surface area contributed by atoms with Crippen molar-refractivity contribution in [3.8, 4) is 0 Å². The second-order valence-electron chi connectivity index (χ2n) is 13.9. The fourth-order valence-electron chi connectivity index (χ4n) is 6.79. The number of hydrogen-bond acceptors (Lipinski definition) is 8. The van der Waals surface area contributed by atoms with Crippen molar-refractivity contribution < 1.29 is 36.1 Å². The van der Waals surface area contributed by atoms with Crippen LogP contribution in [-0.2, 0) is 26.6 Å². The summed E-state index contributed by atoms with van der Waals surface area (Å²) in [6.07, 6.45) is 21.1. The molecule has 0 aliphatic rings. The van der Waals surface area contributed by atoms with Crippen molar-refractivity contribution in [2.45, 2.75) is 169 Å². The summed E-state index contributed by atoms with van der Waals surface area (Å²) in [6, 6.07) is 8.78. The maximum absolute atomic E-state index is 12.6. The van der Waals surface area contributed by atoms with E-state index in [4.69, 9.17) is 26.6 Å². The van der Waals surface area contributed by atoms with Crippen molar-refractivity contribution in [2.24, 2.45) is 0 Å². The van der Waals surface area contributed by atoms with Crippen LogP contribution in [0.15, 0.2) is 24.3 Å². The maximum Gasteiger partial charge on any atom is 0.500 e. The van der Waals surface area contributed by atoms with E-state index >= 15 is 0 Å². The molecule has 0 spiro atoms. The van der Waals surface area contributed by atoms with Gasteiger partial charge in [0.05, 0.1) is 0 Å². The molecule has 1 aromatic carbocycles. The molecule has 2 N–H and O–H groups in total. The Morgan fingerprint density at radius 3 is 0.852 bits per heavy atom. The van der Waals surface area contributed by atoms with Crippen LogP contribution in [0.5, 0.6) is 0 Å². The zero-order valence-corrected chi connectivity index (χ0v) is 37.4. The molecular formula is C42H80N2O8Si2. The first kappa shape index (κ1) is 50.4. The van der Waals surface area contributed by atoms with E-state index in [2.05, 4.69) is 10.6 Å². The predicted octanol–water partition coefficient (Wildman–Crippen LogP) is 10.3. The van der Waals surface area contributed by atoms with Gasteiger partial charge < -0.3 is 37.2 Å². The molecule has 0 atom stereocenters. The predicted molar refractivity (Wildman–Crippen MR) is 225 cm³/mol. The van der Waals surface area contributed by atoms with Crippen molar-refractivity contribution in [3.05, 3.63) is 35.4 Å². The molecule has 0 heterocycles. The van der Waals surface area contributed by atoms with E-state index < -0.39 is 17.6 Å². The summed E-state index contributed by atoms with van der Waals surface area (Å²) in [4.78, 5) is 25.2. The highest BCUT2D eigenvalue weighted by molar-refractivity contribution is 6.61. The Hall–Kier alpha value is -1.65. The van der Waals surface area contributed by atoms with Gasteiger partial charge in [-0.15, -0.1) is 0 Å². The average Bonchev–Trinajstić information content (AvgIpc) is 3.16. The highest BCUT2D eigenvalue weighted by atomic mass is 28.4. The molecule has 0 fully saturated rings. The fourth-order valence-corrected chi connectivity index (χ4v) is 12.2. The molecule has 1 rings (SSSR count). The van der Waals surface area contributed by atoms with Gasteiger partial charge in [0, 0.05) is 75.9 Å². The molecular weight excluding hydrogens is 717 g/mol. The van der Waals surface area contributed by atoms with Gasteiger partial charge in [0.1, 0.15) is 0 Å². The first-order valence-corrected chi connectivity index (χ1v) is 25.7. The van der Waals surface area contributed by atoms with Gasteiger partial charge >= 0.3 is 17.6 Å². The van der Waals surface area contributed by atoms with E-state index in [0.717, 1.165) is 50.6 Å². The first-order valence-electron chi connectivity index (χ1n) is 21.8. The van der Waals surface area contributed by atoms with E-state index in [1.165, 1.54) is 77.0 Å². The van der Waals surface area contributed by atoms with Crippen LogP contribution in [0.4, 0.5) is 0 Å². The Morgan fingerprint density at radius 2 is 0.611 bits per heavy atom. The molecule has 0 saturated carbocycles. The van der Waals surface area contributed by atoms with E-state index in [0.29, 0.717) is 63.9 Å². The molecule has 314 valence electrons. The minimum atomic E-state index is -2.50. The molecule has 0 radical (unpaired) electrons. The monoisotopic (exact) mass is 797 g/mol. The third-order valence-corrected chi connectivity index (χ3v) is 15.8. The van der Waals surface area contributed by atoms with Crippen LogP contribution in [0, 0.1) is 0 Å². The van der Waals surface area contributed by atoms with Crippen molar-refractivity contribution >= 4 is 29.4 Å². The second kappa shape index (κ2) is 33.5. The number of unbranched alkanes of at least 4 members (excludes halogenated alkanes) is 16. The SMILES string of the molecule is CCO[Si](CCCCCCCCCCCNC(=O)c1ccc(C(=O)NCCCCCCCCCCC[Si](OCC)(OCC)OCC)cc1)(OCC)OCC. The average molecular weight is 797 g/mol. The van der Waals surface area contributed by atoms with Gasteiger partial charge in [-0.3, -0.25) is 9.59 Å². The van der Waals surface area contributed by atoms with Crippen molar-refractivity contribution in [2.75, 3.05) is 52.7 Å². The second-order valence-corrected chi connectivity index (χ2v) is 19.4. The third-order valence-electron chi connectivity index (χ3n) is 9.49. The van der Waals surface area contributed by atoms with Gasteiger partial charge in [-0.1, -0.05) is 89.9 Å². The minimum absolute atomic E-state index is 0.0829. The summed E-state index contributed by atoms with van der Waals surface area (Å²) in [5, 5.41) is 6.05. The normalized spacial score (nSPS) is 12.0. The maximum atomic E-state index is 12.6. The molecule has 12 heteroatoms. The Labute approximate surface area is 332 Å². The van der Waals surface area contributed by atoms with Gasteiger partial charge in [-0.25, -0.2) is 0 Å². The fraction of sp³-hybridized carbons (Fsp3) is 0.810. The number of carbonyl (C=O) groups excluding carboxylic acids is 2. The molecule has 0 aromatic heterocycles. The summed E-state index contributed by atoms with van der Waals surface area (Å²) in [5.74, 6) is -0.166. The molecule has 10 nitrogen and oxygen atoms in total. The summed E-state index contributed by atoms with van der Waals surface area (Å²) in [7, 11) is -5.00. The molecule has 0 saturated heterocycles. The summed E-state index contributed by atoms with van der Waals surface area (Å²) >= 11 is 0. The van der Waals surface area contributed by atoms with E-state index in [9.17, 15) is 9.59 Å². The van der Waals surface area contributed by atoms with Crippen LogP contribution in [-0.4, -0.2) is 82.2 Å². The van der Waals surface area contributed by atoms with Crippen LogP contribution in [0.2, 0.25) is 12.1 Å². The van der Waals surface area contributed by atoms with E-state index in [1.54, 1.807) is 24.3 Å². The van der Waals surface area contributed by atoms with Crippen LogP contribution in [0.1, 0.15) is 178 Å². The lowest BCUT2D eigenvalue weighted by Crippen LogP contribution is -2.45. The smallest absolute Gasteiger partial charge is 0.374 e. The molecule has 54 heavy (non-hydrogen) atoms. The molecule has 0 unspecified atom stereocenters. The van der Waals surface area contributed by atoms with Gasteiger partial charge in [0.2, 0.25) is 0 Å². The largest absolute Gasteiger partial charge is 0.500 e. The lowest BCUT2D eigenvalue weighted by Gasteiger charge is -2.28. The summed E-state index contributed by atoms with van der Waals surface area (Å²) in [6.45, 7) is 17.2. The number of rotatable bonds is 38. The van der Waals surface area contributed by atoms with Crippen molar-refractivity contribution in [1.29, 1.82) is 0 Å². The van der Waals surface area contributed by atoms with Crippen LogP contribution in [0.25, 0.3) is 0 Å². The first-order chi connectivity index (χ1) is 26.3. The Balaban J connectivity index is 2.07. The quantitative estimate of drug-likeness (QED) is 0.0502. The number of amides is 2. The number of hydrogen-bond donors (Lipinski definition) is 2. The number of carbonyl (C=O) groups is 2. The third kappa shape index (κ3) is 23.4. The zero-order valence-electron chi connectivity index (χ0n) is 35.4. The standard InChI is InChI=1S/C42H80N2O8Si2/c1-7-47-53(48-8-2,49-9-3)37-29-25-21-17-13-15-19-23-27-35-43-41(45)39-31-33-40(34-32-39)42(46)44-36-28-24-20-16-14-18-22-26-30-38-54(50-10-4,51-11-5)52-12-6/h31-34H,7-30,35-38H2,1-6H3,(H,43,45)(H,44,46). The zero-order chi connectivity index (χ0) is 39.6. The molecule has 0 aliphatic heterocycles. The summed E-state index contributed by atoms with van der Waals surface area (Å²) < 4.78 is 35.7. The minimum Gasteiger partial charge on any atom is -0.374 e. The Morgan fingerprint density at radius 1 is 0.389 bits per heavy atom. The lowest BCUT2D eigenvalue weighted by atomic mass is 10.1. The van der Waals surface area contributed by atoms with Crippen LogP contribution < -0.4 is 10.6 Å². The number of nitrogens with one attached hydrogen (secondary N) is 2. The van der Waals surface area contributed by atoms with Crippen molar-refractivity contribution in [1.82, 2.24) is 10.6 Å². The highest BCUT2D eigenvalue weighted by Gasteiger charge is 2.40. The van der Waals surface area contributed by atoms with E-state index in [-0.39, 0.29) is 11.8 Å². The van der Waals surface area contributed by atoms with E-state index in [1.807, 2.05) is 41.5 Å². The van der Waals surface area contributed by atoms with Crippen LogP contribution >= 0.6 is 0 Å². The van der Waals surface area contributed by atoms with Gasteiger partial charge in [0.15, 0.2) is 0 Å². The molecule has 0 bridgehead atoms. The van der Waals surface area contributed by atoms with Gasteiger partial charge in [-0.05, 0) is 91.5 Å². The van der Waals surface area contributed by atoms with Crippen molar-refractivity contribution in [3.63, 3.8) is 0 Å². The summed E-state index contributed by atoms with van der Waals surface area (Å²) in [5.41, 5.74) is 1.18. The van der Waals surface area contributed by atoms with Gasteiger partial charge in [-0.2, -0.15) is 0 Å². The highest BCUT2D eigenvalue weighted by Crippen LogP contribution is 2.22. The lowest BCUT2D eigenvalue weighted by molar-refractivity contribution is 0.0698.